The average Bonchev–Trinajstić information content (AvgIpc) is 2.81. The zero-order valence-electron chi connectivity index (χ0n) is 16.7. The number of hydrogen-bond acceptors (Lipinski definition) is 4. The lowest BCUT2D eigenvalue weighted by molar-refractivity contribution is -0.123. The molecule has 1 amide bonds. The molecule has 5 nitrogen and oxygen atoms in total. The lowest BCUT2D eigenvalue weighted by Gasteiger charge is -2.44. The third-order valence-corrected chi connectivity index (χ3v) is 6.13. The molecule has 32 heavy (non-hydrogen) atoms. The number of β-lactam (4-membered cyclic amide) rings is 1. The molecule has 0 radical (unpaired) electrons. The summed E-state index contributed by atoms with van der Waals surface area (Å²) in [6.07, 6.45) is 0. The summed E-state index contributed by atoms with van der Waals surface area (Å²) in [5, 5.41) is 0.664. The number of alkyl halides is 1. The van der Waals surface area contributed by atoms with E-state index in [2.05, 4.69) is 0 Å². The largest absolute Gasteiger partial charge is 0.489 e. The fourth-order valence-corrected chi connectivity index (χ4v) is 4.43. The number of benzene rings is 3. The van der Waals surface area contributed by atoms with Crippen molar-refractivity contribution in [2.24, 2.45) is 0 Å². The molecule has 1 saturated heterocycles. The molecule has 0 saturated carbocycles. The fourth-order valence-electron chi connectivity index (χ4n) is 3.89. The molecule has 2 heterocycles. The molecule has 4 aromatic rings. The van der Waals surface area contributed by atoms with Gasteiger partial charge in [0, 0.05) is 27.7 Å². The van der Waals surface area contributed by atoms with Gasteiger partial charge in [0.15, 0.2) is 0 Å². The molecule has 3 aromatic carbocycles. The zero-order chi connectivity index (χ0) is 22.2. The number of nitrogens with zero attached hydrogens (tertiary/aromatic N) is 1. The minimum Gasteiger partial charge on any atom is -0.489 e. The van der Waals surface area contributed by atoms with Crippen molar-refractivity contribution in [3.05, 3.63) is 105 Å². The molecule has 1 fully saturated rings. The number of halogens is 2. The molecule has 1 aromatic heterocycles. The van der Waals surface area contributed by atoms with Gasteiger partial charge in [-0.1, -0.05) is 41.9 Å². The average molecular weight is 466 g/mol. The predicted octanol–water partition coefficient (Wildman–Crippen LogP) is 5.72. The molecule has 0 bridgehead atoms. The van der Waals surface area contributed by atoms with E-state index in [4.69, 9.17) is 32.4 Å². The van der Waals surface area contributed by atoms with Crippen LogP contribution in [0.25, 0.3) is 11.0 Å². The summed E-state index contributed by atoms with van der Waals surface area (Å²) in [6.45, 7) is 0.179. The lowest BCUT2D eigenvalue weighted by Crippen LogP contribution is -2.56. The third kappa shape index (κ3) is 3.74. The first-order chi connectivity index (χ1) is 15.5. The highest BCUT2D eigenvalue weighted by Crippen LogP contribution is 2.42. The van der Waals surface area contributed by atoms with Crippen LogP contribution in [-0.4, -0.2) is 11.3 Å². The molecule has 0 spiro atoms. The first-order valence-electron chi connectivity index (χ1n) is 9.98. The van der Waals surface area contributed by atoms with E-state index in [0.717, 1.165) is 16.6 Å². The minimum absolute atomic E-state index is 0.114. The molecule has 2 atom stereocenters. The number of anilines is 1. The van der Waals surface area contributed by atoms with Crippen LogP contribution in [0.1, 0.15) is 17.2 Å². The molecule has 7 heteroatoms. The molecule has 160 valence electrons. The SMILES string of the molecule is O=C1C(Cl)C(c2ccc(OCc3cc(=O)oc4ccc(Cl)cc34)cc2)N1c1ccccc1. The van der Waals surface area contributed by atoms with E-state index >= 15 is 0 Å². The maximum atomic E-state index is 12.4. The minimum atomic E-state index is -0.610. The van der Waals surface area contributed by atoms with Crippen LogP contribution in [0, 0.1) is 0 Å². The Kier molecular flexibility index (Phi) is 5.37. The van der Waals surface area contributed by atoms with Gasteiger partial charge in [0.1, 0.15) is 23.3 Å². The predicted molar refractivity (Wildman–Crippen MR) is 125 cm³/mol. The summed E-state index contributed by atoms with van der Waals surface area (Å²) in [7, 11) is 0. The van der Waals surface area contributed by atoms with Crippen molar-refractivity contribution >= 4 is 45.8 Å². The van der Waals surface area contributed by atoms with Crippen LogP contribution in [0.3, 0.4) is 0 Å². The van der Waals surface area contributed by atoms with Gasteiger partial charge in [0.25, 0.3) is 0 Å². The van der Waals surface area contributed by atoms with Crippen LogP contribution in [-0.2, 0) is 11.4 Å². The van der Waals surface area contributed by atoms with Gasteiger partial charge in [-0.15, -0.1) is 11.6 Å². The normalized spacial score (nSPS) is 17.9. The van der Waals surface area contributed by atoms with Gasteiger partial charge in [-0.3, -0.25) is 4.79 Å². The first-order valence-corrected chi connectivity index (χ1v) is 10.8. The van der Waals surface area contributed by atoms with Crippen molar-refractivity contribution in [3.63, 3.8) is 0 Å². The number of carbonyl (C=O) groups excluding carboxylic acids is 1. The Labute approximate surface area is 193 Å². The van der Waals surface area contributed by atoms with Crippen LogP contribution >= 0.6 is 23.2 Å². The smallest absolute Gasteiger partial charge is 0.336 e. The van der Waals surface area contributed by atoms with Crippen molar-refractivity contribution in [1.29, 1.82) is 0 Å². The fraction of sp³-hybridized carbons (Fsp3) is 0.120. The molecule has 0 aliphatic carbocycles. The highest BCUT2D eigenvalue weighted by atomic mass is 35.5. The zero-order valence-corrected chi connectivity index (χ0v) is 18.2. The summed E-state index contributed by atoms with van der Waals surface area (Å²) in [5.41, 5.74) is 2.42. The van der Waals surface area contributed by atoms with Crippen molar-refractivity contribution in [1.82, 2.24) is 0 Å². The Hall–Kier alpha value is -3.28. The second-order valence-electron chi connectivity index (χ2n) is 7.48. The summed E-state index contributed by atoms with van der Waals surface area (Å²) in [6, 6.07) is 23.1. The molecule has 1 aliphatic heterocycles. The Morgan fingerprint density at radius 1 is 0.938 bits per heavy atom. The van der Waals surface area contributed by atoms with E-state index in [9.17, 15) is 9.59 Å². The van der Waals surface area contributed by atoms with E-state index in [-0.39, 0.29) is 18.6 Å². The summed E-state index contributed by atoms with van der Waals surface area (Å²) in [4.78, 5) is 25.9. The van der Waals surface area contributed by atoms with Crippen LogP contribution in [0.15, 0.2) is 88.1 Å². The molecule has 2 unspecified atom stereocenters. The van der Waals surface area contributed by atoms with Gasteiger partial charge >= 0.3 is 5.63 Å². The monoisotopic (exact) mass is 465 g/mol. The first kappa shape index (κ1) is 20.6. The second-order valence-corrected chi connectivity index (χ2v) is 8.39. The Bertz CT molecular complexity index is 1350. The highest BCUT2D eigenvalue weighted by Gasteiger charge is 2.47. The maximum Gasteiger partial charge on any atom is 0.336 e. The van der Waals surface area contributed by atoms with Crippen LogP contribution in [0.5, 0.6) is 5.75 Å². The number of hydrogen-bond donors (Lipinski definition) is 0. The number of ether oxygens (including phenoxy) is 1. The molecule has 5 rings (SSSR count). The third-order valence-electron chi connectivity index (χ3n) is 5.47. The standard InChI is InChI=1S/C25H17Cl2NO4/c26-17-8-11-21-20(13-17)16(12-22(29)32-21)14-31-19-9-6-15(7-10-19)24-23(27)25(30)28(24)18-4-2-1-3-5-18/h1-13,23-24H,14H2. The van der Waals surface area contributed by atoms with E-state index < -0.39 is 11.0 Å². The van der Waals surface area contributed by atoms with Crippen molar-refractivity contribution in [2.75, 3.05) is 4.90 Å². The van der Waals surface area contributed by atoms with Crippen molar-refractivity contribution < 1.29 is 13.9 Å². The molecular formula is C25H17Cl2NO4. The second kappa shape index (κ2) is 8.34. The van der Waals surface area contributed by atoms with Gasteiger partial charge in [-0.05, 0) is 48.0 Å². The summed E-state index contributed by atoms with van der Waals surface area (Å²) >= 11 is 12.4. The van der Waals surface area contributed by atoms with Gasteiger partial charge in [-0.25, -0.2) is 4.79 Å². The lowest BCUT2D eigenvalue weighted by atomic mass is 9.92. The highest BCUT2D eigenvalue weighted by molar-refractivity contribution is 6.37. The summed E-state index contributed by atoms with van der Waals surface area (Å²) < 4.78 is 11.1. The van der Waals surface area contributed by atoms with E-state index in [1.54, 1.807) is 23.1 Å². The number of para-hydroxylation sites is 1. The number of fused-ring (bicyclic) bond motifs is 1. The molecule has 1 aliphatic rings. The van der Waals surface area contributed by atoms with Gasteiger partial charge in [0.2, 0.25) is 5.91 Å². The van der Waals surface area contributed by atoms with Crippen LogP contribution in [0.2, 0.25) is 5.02 Å². The van der Waals surface area contributed by atoms with Gasteiger partial charge < -0.3 is 14.1 Å². The number of amides is 1. The topological polar surface area (TPSA) is 59.8 Å². The van der Waals surface area contributed by atoms with Gasteiger partial charge in [-0.2, -0.15) is 0 Å². The quantitative estimate of drug-likeness (QED) is 0.215. The van der Waals surface area contributed by atoms with Crippen molar-refractivity contribution in [2.45, 2.75) is 18.0 Å². The van der Waals surface area contributed by atoms with E-state index in [0.29, 0.717) is 21.9 Å². The van der Waals surface area contributed by atoms with E-state index in [1.807, 2.05) is 54.6 Å². The maximum absolute atomic E-state index is 12.4. The number of rotatable bonds is 5. The Balaban J connectivity index is 1.35. The Morgan fingerprint density at radius 3 is 2.44 bits per heavy atom. The van der Waals surface area contributed by atoms with E-state index in [1.165, 1.54) is 6.07 Å². The molecular weight excluding hydrogens is 449 g/mol. The molecule has 0 N–H and O–H groups in total. The van der Waals surface area contributed by atoms with Crippen molar-refractivity contribution in [3.8, 4) is 5.75 Å². The van der Waals surface area contributed by atoms with Gasteiger partial charge in [0.05, 0.1) is 6.04 Å². The van der Waals surface area contributed by atoms with Crippen LogP contribution < -0.4 is 15.3 Å². The van der Waals surface area contributed by atoms with Crippen LogP contribution in [0.4, 0.5) is 5.69 Å². The summed E-state index contributed by atoms with van der Waals surface area (Å²) in [5.74, 6) is 0.511. The Morgan fingerprint density at radius 2 is 1.69 bits per heavy atom. The number of carbonyl (C=O) groups is 1.